The van der Waals surface area contributed by atoms with Crippen molar-refractivity contribution in [2.75, 3.05) is 33.4 Å². The quantitative estimate of drug-likeness (QED) is 0.678. The first-order valence-electron chi connectivity index (χ1n) is 5.82. The lowest BCUT2D eigenvalue weighted by Crippen LogP contribution is -2.29. The zero-order valence-corrected chi connectivity index (χ0v) is 9.55. The van der Waals surface area contributed by atoms with Crippen LogP contribution < -0.4 is 10.6 Å². The number of ether oxygens (including phenoxy) is 1. The molecule has 88 valence electrons. The molecule has 1 fully saturated rings. The Morgan fingerprint density at radius 3 is 2.73 bits per heavy atom. The summed E-state index contributed by atoms with van der Waals surface area (Å²) in [5, 5.41) is 5.91. The van der Waals surface area contributed by atoms with Crippen molar-refractivity contribution in [2.45, 2.75) is 25.7 Å². The van der Waals surface area contributed by atoms with Crippen LogP contribution in [-0.2, 0) is 9.53 Å². The summed E-state index contributed by atoms with van der Waals surface area (Å²) in [6.07, 6.45) is 3.96. The van der Waals surface area contributed by atoms with Crippen molar-refractivity contribution < 1.29 is 9.53 Å². The Hall–Kier alpha value is -0.610. The van der Waals surface area contributed by atoms with E-state index < -0.39 is 0 Å². The average molecular weight is 214 g/mol. The maximum atomic E-state index is 11.3. The Labute approximate surface area is 91.8 Å². The number of carbonyl (C=O) groups is 1. The van der Waals surface area contributed by atoms with Crippen molar-refractivity contribution in [3.05, 3.63) is 0 Å². The molecule has 1 aliphatic heterocycles. The first-order valence-corrected chi connectivity index (χ1v) is 5.82. The highest BCUT2D eigenvalue weighted by Crippen LogP contribution is 2.17. The molecule has 15 heavy (non-hydrogen) atoms. The lowest BCUT2D eigenvalue weighted by atomic mass is 9.97. The van der Waals surface area contributed by atoms with Crippen LogP contribution in [0.3, 0.4) is 0 Å². The molecule has 1 aliphatic rings. The summed E-state index contributed by atoms with van der Waals surface area (Å²) < 4.78 is 5.28. The van der Waals surface area contributed by atoms with Gasteiger partial charge in [-0.2, -0.15) is 0 Å². The number of rotatable bonds is 6. The van der Waals surface area contributed by atoms with Crippen molar-refractivity contribution in [2.24, 2.45) is 5.92 Å². The molecule has 4 heteroatoms. The van der Waals surface area contributed by atoms with Crippen LogP contribution in [0.1, 0.15) is 25.7 Å². The monoisotopic (exact) mass is 214 g/mol. The van der Waals surface area contributed by atoms with E-state index >= 15 is 0 Å². The van der Waals surface area contributed by atoms with E-state index in [4.69, 9.17) is 4.74 Å². The molecule has 1 heterocycles. The third-order valence-corrected chi connectivity index (χ3v) is 2.82. The number of carbonyl (C=O) groups excluding carboxylic acids is 1. The Balaban J connectivity index is 1.97. The van der Waals surface area contributed by atoms with E-state index in [0.717, 1.165) is 51.5 Å². The van der Waals surface area contributed by atoms with E-state index in [9.17, 15) is 4.79 Å². The summed E-state index contributed by atoms with van der Waals surface area (Å²) in [4.78, 5) is 11.3. The molecule has 0 aromatic rings. The van der Waals surface area contributed by atoms with Crippen LogP contribution in [0.15, 0.2) is 0 Å². The minimum absolute atomic E-state index is 0.149. The van der Waals surface area contributed by atoms with E-state index in [2.05, 4.69) is 10.6 Å². The van der Waals surface area contributed by atoms with Gasteiger partial charge in [-0.15, -0.1) is 0 Å². The number of hydrogen-bond acceptors (Lipinski definition) is 3. The van der Waals surface area contributed by atoms with Crippen LogP contribution in [0.5, 0.6) is 0 Å². The molecular weight excluding hydrogens is 192 g/mol. The molecule has 0 aromatic carbocycles. The van der Waals surface area contributed by atoms with Crippen LogP contribution in [0, 0.1) is 5.92 Å². The van der Waals surface area contributed by atoms with Gasteiger partial charge in [-0.1, -0.05) is 0 Å². The number of nitrogens with one attached hydrogen (secondary N) is 2. The Kier molecular flexibility index (Phi) is 6.36. The second-order valence-electron chi connectivity index (χ2n) is 4.05. The molecule has 0 atom stereocenters. The molecule has 0 aromatic heterocycles. The zero-order valence-electron chi connectivity index (χ0n) is 9.55. The highest BCUT2D eigenvalue weighted by Gasteiger charge is 2.13. The smallest absolute Gasteiger partial charge is 0.221 e. The molecule has 0 unspecified atom stereocenters. The maximum absolute atomic E-state index is 11.3. The summed E-state index contributed by atoms with van der Waals surface area (Å²) in [6.45, 7) is 3.34. The normalized spacial score (nSPS) is 17.7. The number of hydrogen-bond donors (Lipinski definition) is 2. The van der Waals surface area contributed by atoms with Crippen LogP contribution in [0.25, 0.3) is 0 Å². The fourth-order valence-corrected chi connectivity index (χ4v) is 1.78. The van der Waals surface area contributed by atoms with Gasteiger partial charge < -0.3 is 15.4 Å². The Morgan fingerprint density at radius 1 is 1.33 bits per heavy atom. The summed E-state index contributed by atoms with van der Waals surface area (Å²) in [7, 11) is 1.86. The molecule has 0 bridgehead atoms. The predicted molar refractivity (Wildman–Crippen MR) is 59.7 cm³/mol. The van der Waals surface area contributed by atoms with E-state index in [1.807, 2.05) is 7.05 Å². The highest BCUT2D eigenvalue weighted by atomic mass is 16.5. The molecule has 2 N–H and O–H groups in total. The second kappa shape index (κ2) is 7.65. The van der Waals surface area contributed by atoms with Crippen LogP contribution in [-0.4, -0.2) is 39.3 Å². The van der Waals surface area contributed by atoms with E-state index in [0.29, 0.717) is 6.42 Å². The molecule has 1 amide bonds. The van der Waals surface area contributed by atoms with Crippen molar-refractivity contribution >= 4 is 5.91 Å². The minimum Gasteiger partial charge on any atom is -0.381 e. The van der Waals surface area contributed by atoms with Gasteiger partial charge in [-0.05, 0) is 32.2 Å². The predicted octanol–water partition coefficient (Wildman–Crippen LogP) is 0.529. The van der Waals surface area contributed by atoms with Crippen molar-refractivity contribution in [1.29, 1.82) is 0 Å². The van der Waals surface area contributed by atoms with Crippen LogP contribution in [0.4, 0.5) is 0 Å². The largest absolute Gasteiger partial charge is 0.381 e. The topological polar surface area (TPSA) is 50.4 Å². The third kappa shape index (κ3) is 5.74. The molecule has 1 rings (SSSR count). The first kappa shape index (κ1) is 12.5. The molecule has 4 nitrogen and oxygen atoms in total. The molecule has 0 radical (unpaired) electrons. The molecule has 1 saturated heterocycles. The lowest BCUT2D eigenvalue weighted by Gasteiger charge is -2.21. The Bertz CT molecular complexity index is 179. The number of amides is 1. The van der Waals surface area contributed by atoms with Gasteiger partial charge in [0.1, 0.15) is 0 Å². The van der Waals surface area contributed by atoms with Gasteiger partial charge in [0.2, 0.25) is 5.91 Å². The van der Waals surface area contributed by atoms with Crippen molar-refractivity contribution in [3.8, 4) is 0 Å². The van der Waals surface area contributed by atoms with Crippen LogP contribution in [0.2, 0.25) is 0 Å². The van der Waals surface area contributed by atoms with Gasteiger partial charge in [0.15, 0.2) is 0 Å². The fourth-order valence-electron chi connectivity index (χ4n) is 1.78. The highest BCUT2D eigenvalue weighted by molar-refractivity contribution is 5.75. The van der Waals surface area contributed by atoms with Crippen LogP contribution >= 0.6 is 0 Å². The lowest BCUT2D eigenvalue weighted by molar-refractivity contribution is -0.121. The van der Waals surface area contributed by atoms with Crippen molar-refractivity contribution in [3.63, 3.8) is 0 Å². The van der Waals surface area contributed by atoms with Crippen molar-refractivity contribution in [1.82, 2.24) is 10.6 Å². The third-order valence-electron chi connectivity index (χ3n) is 2.82. The summed E-state index contributed by atoms with van der Waals surface area (Å²) in [5.74, 6) is 0.889. The van der Waals surface area contributed by atoms with Gasteiger partial charge in [0, 0.05) is 32.7 Å². The van der Waals surface area contributed by atoms with E-state index in [1.165, 1.54) is 0 Å². The molecule has 0 spiro atoms. The van der Waals surface area contributed by atoms with E-state index in [-0.39, 0.29) is 5.91 Å². The summed E-state index contributed by atoms with van der Waals surface area (Å²) in [5.41, 5.74) is 0. The van der Waals surface area contributed by atoms with E-state index in [1.54, 1.807) is 0 Å². The standard InChI is InChI=1S/C11H22N2O2/c1-12-6-3-11(14)13-7-2-10-4-8-15-9-5-10/h10,12H,2-9H2,1H3,(H,13,14). The maximum Gasteiger partial charge on any atom is 0.221 e. The van der Waals surface area contributed by atoms with Gasteiger partial charge in [0.05, 0.1) is 0 Å². The molecule has 0 aliphatic carbocycles. The second-order valence-corrected chi connectivity index (χ2v) is 4.05. The molecular formula is C11H22N2O2. The summed E-state index contributed by atoms with van der Waals surface area (Å²) >= 11 is 0. The Morgan fingerprint density at radius 2 is 2.07 bits per heavy atom. The van der Waals surface area contributed by atoms with Gasteiger partial charge in [-0.25, -0.2) is 0 Å². The van der Waals surface area contributed by atoms with Gasteiger partial charge >= 0.3 is 0 Å². The van der Waals surface area contributed by atoms with Gasteiger partial charge in [-0.3, -0.25) is 4.79 Å². The SMILES string of the molecule is CNCCC(=O)NCCC1CCOCC1. The minimum atomic E-state index is 0.149. The first-order chi connectivity index (χ1) is 7.33. The summed E-state index contributed by atoms with van der Waals surface area (Å²) in [6, 6.07) is 0. The molecule has 0 saturated carbocycles. The fraction of sp³-hybridized carbons (Fsp3) is 0.909. The average Bonchev–Trinajstić information content (AvgIpc) is 2.28. The zero-order chi connectivity index (χ0) is 10.9. The van der Waals surface area contributed by atoms with Gasteiger partial charge in [0.25, 0.3) is 0 Å².